The highest BCUT2D eigenvalue weighted by Crippen LogP contribution is 2.32. The molecular formula is C12H21NOS. The SMILES string of the molecule is COc1cc(CC(C)(C)C)c(SC)n1C. The van der Waals surface area contributed by atoms with Crippen molar-refractivity contribution < 1.29 is 4.74 Å². The molecule has 0 amide bonds. The van der Waals surface area contributed by atoms with Crippen LogP contribution < -0.4 is 4.74 Å². The van der Waals surface area contributed by atoms with Crippen LogP contribution in [0.2, 0.25) is 0 Å². The maximum absolute atomic E-state index is 5.33. The molecule has 0 aromatic carbocycles. The summed E-state index contributed by atoms with van der Waals surface area (Å²) in [5.41, 5.74) is 1.70. The van der Waals surface area contributed by atoms with Crippen molar-refractivity contribution in [1.29, 1.82) is 0 Å². The second kappa shape index (κ2) is 4.52. The quantitative estimate of drug-likeness (QED) is 0.735. The minimum Gasteiger partial charge on any atom is -0.482 e. The average Bonchev–Trinajstić information content (AvgIpc) is 2.39. The van der Waals surface area contributed by atoms with E-state index in [4.69, 9.17) is 4.74 Å². The topological polar surface area (TPSA) is 14.2 Å². The molecule has 1 heterocycles. The third-order valence-electron chi connectivity index (χ3n) is 2.33. The zero-order valence-electron chi connectivity index (χ0n) is 10.5. The number of rotatable bonds is 3. The van der Waals surface area contributed by atoms with Crippen molar-refractivity contribution in [2.24, 2.45) is 12.5 Å². The van der Waals surface area contributed by atoms with Crippen LogP contribution in [0.3, 0.4) is 0 Å². The first kappa shape index (κ1) is 12.5. The molecule has 15 heavy (non-hydrogen) atoms. The summed E-state index contributed by atoms with van der Waals surface area (Å²) in [5, 5.41) is 1.31. The monoisotopic (exact) mass is 227 g/mol. The first-order chi connectivity index (χ1) is 6.89. The van der Waals surface area contributed by atoms with Gasteiger partial charge in [0, 0.05) is 13.1 Å². The molecule has 0 saturated carbocycles. The van der Waals surface area contributed by atoms with Gasteiger partial charge >= 0.3 is 0 Å². The first-order valence-electron chi connectivity index (χ1n) is 5.15. The van der Waals surface area contributed by atoms with Gasteiger partial charge < -0.3 is 9.30 Å². The van der Waals surface area contributed by atoms with Gasteiger partial charge in [-0.25, -0.2) is 0 Å². The first-order valence-corrected chi connectivity index (χ1v) is 6.38. The molecule has 86 valence electrons. The summed E-state index contributed by atoms with van der Waals surface area (Å²) < 4.78 is 7.45. The van der Waals surface area contributed by atoms with Gasteiger partial charge in [0.15, 0.2) is 5.88 Å². The number of thioether (sulfide) groups is 1. The second-order valence-electron chi connectivity index (χ2n) is 5.02. The van der Waals surface area contributed by atoms with Crippen LogP contribution in [0.5, 0.6) is 5.88 Å². The van der Waals surface area contributed by atoms with Crippen LogP contribution in [0.1, 0.15) is 26.3 Å². The molecular weight excluding hydrogens is 206 g/mol. The maximum atomic E-state index is 5.33. The van der Waals surface area contributed by atoms with E-state index in [1.165, 1.54) is 10.6 Å². The molecule has 0 atom stereocenters. The lowest BCUT2D eigenvalue weighted by molar-refractivity contribution is 0.377. The predicted molar refractivity (Wildman–Crippen MR) is 66.9 cm³/mol. The third-order valence-corrected chi connectivity index (χ3v) is 3.25. The van der Waals surface area contributed by atoms with Crippen LogP contribution in [0.25, 0.3) is 0 Å². The number of methoxy groups -OCH3 is 1. The number of ether oxygens (including phenoxy) is 1. The van der Waals surface area contributed by atoms with E-state index in [0.29, 0.717) is 5.41 Å². The normalized spacial score (nSPS) is 11.9. The van der Waals surface area contributed by atoms with Gasteiger partial charge in [-0.3, -0.25) is 0 Å². The van der Waals surface area contributed by atoms with Crippen LogP contribution in [-0.4, -0.2) is 17.9 Å². The third kappa shape index (κ3) is 2.94. The van der Waals surface area contributed by atoms with Crippen molar-refractivity contribution in [1.82, 2.24) is 4.57 Å². The van der Waals surface area contributed by atoms with Crippen LogP contribution in [0.4, 0.5) is 0 Å². The molecule has 0 aliphatic heterocycles. The largest absolute Gasteiger partial charge is 0.482 e. The van der Waals surface area contributed by atoms with Crippen LogP contribution in [0, 0.1) is 5.41 Å². The number of hydrogen-bond donors (Lipinski definition) is 0. The summed E-state index contributed by atoms with van der Waals surface area (Å²) in [6.07, 6.45) is 3.20. The maximum Gasteiger partial charge on any atom is 0.194 e. The Bertz CT molecular complexity index is 336. The fraction of sp³-hybridized carbons (Fsp3) is 0.667. The highest BCUT2D eigenvalue weighted by Gasteiger charge is 2.18. The van der Waals surface area contributed by atoms with Gasteiger partial charge in [-0.2, -0.15) is 0 Å². The molecule has 0 fully saturated rings. The Morgan fingerprint density at radius 2 is 2.00 bits per heavy atom. The van der Waals surface area contributed by atoms with Gasteiger partial charge in [0.1, 0.15) is 0 Å². The van der Waals surface area contributed by atoms with E-state index in [0.717, 1.165) is 12.3 Å². The van der Waals surface area contributed by atoms with Crippen LogP contribution >= 0.6 is 11.8 Å². The van der Waals surface area contributed by atoms with Gasteiger partial charge in [0.2, 0.25) is 0 Å². The number of nitrogens with zero attached hydrogens (tertiary/aromatic N) is 1. The van der Waals surface area contributed by atoms with Crippen molar-refractivity contribution >= 4 is 11.8 Å². The second-order valence-corrected chi connectivity index (χ2v) is 5.81. The lowest BCUT2D eigenvalue weighted by Crippen LogP contribution is -2.09. The van der Waals surface area contributed by atoms with Crippen molar-refractivity contribution in [3.8, 4) is 5.88 Å². The summed E-state index contributed by atoms with van der Waals surface area (Å²) in [5.74, 6) is 0.943. The summed E-state index contributed by atoms with van der Waals surface area (Å²) in [6.45, 7) is 6.78. The Labute approximate surface area is 97.0 Å². The Balaban J connectivity index is 3.07. The zero-order valence-corrected chi connectivity index (χ0v) is 11.4. The van der Waals surface area contributed by atoms with Crippen molar-refractivity contribution in [3.05, 3.63) is 11.6 Å². The van der Waals surface area contributed by atoms with Crippen LogP contribution in [-0.2, 0) is 13.5 Å². The minimum absolute atomic E-state index is 0.316. The Hall–Kier alpha value is -0.570. The highest BCUT2D eigenvalue weighted by molar-refractivity contribution is 7.98. The fourth-order valence-corrected chi connectivity index (χ4v) is 2.54. The smallest absolute Gasteiger partial charge is 0.194 e. The Kier molecular flexibility index (Phi) is 3.77. The van der Waals surface area contributed by atoms with Gasteiger partial charge in [-0.1, -0.05) is 20.8 Å². The van der Waals surface area contributed by atoms with Gasteiger partial charge in [0.25, 0.3) is 0 Å². The van der Waals surface area contributed by atoms with Crippen LogP contribution in [0.15, 0.2) is 11.1 Å². The molecule has 0 spiro atoms. The summed E-state index contributed by atoms with van der Waals surface area (Å²) in [6, 6.07) is 2.15. The van der Waals surface area contributed by atoms with E-state index in [1.807, 2.05) is 0 Å². The molecule has 0 saturated heterocycles. The summed E-state index contributed by atoms with van der Waals surface area (Å²) in [7, 11) is 3.77. The minimum atomic E-state index is 0.316. The molecule has 2 nitrogen and oxygen atoms in total. The summed E-state index contributed by atoms with van der Waals surface area (Å²) >= 11 is 1.78. The molecule has 0 N–H and O–H groups in total. The average molecular weight is 227 g/mol. The number of hydrogen-bond acceptors (Lipinski definition) is 2. The molecule has 1 aromatic heterocycles. The van der Waals surface area contributed by atoms with Crippen molar-refractivity contribution in [3.63, 3.8) is 0 Å². The van der Waals surface area contributed by atoms with E-state index in [-0.39, 0.29) is 0 Å². The van der Waals surface area contributed by atoms with E-state index in [2.05, 4.69) is 44.7 Å². The van der Waals surface area contributed by atoms with E-state index in [1.54, 1.807) is 18.9 Å². The molecule has 0 bridgehead atoms. The van der Waals surface area contributed by atoms with Crippen molar-refractivity contribution in [2.45, 2.75) is 32.2 Å². The predicted octanol–water partition coefficient (Wildman–Crippen LogP) is 3.34. The molecule has 0 aliphatic rings. The van der Waals surface area contributed by atoms with Gasteiger partial charge in [-0.15, -0.1) is 11.8 Å². The Morgan fingerprint density at radius 3 is 2.40 bits per heavy atom. The Morgan fingerprint density at radius 1 is 1.40 bits per heavy atom. The molecule has 1 rings (SSSR count). The van der Waals surface area contributed by atoms with Crippen molar-refractivity contribution in [2.75, 3.05) is 13.4 Å². The highest BCUT2D eigenvalue weighted by atomic mass is 32.2. The molecule has 1 aromatic rings. The lowest BCUT2D eigenvalue weighted by atomic mass is 9.89. The van der Waals surface area contributed by atoms with E-state index >= 15 is 0 Å². The fourth-order valence-electron chi connectivity index (χ4n) is 1.78. The van der Waals surface area contributed by atoms with Gasteiger partial charge in [-0.05, 0) is 23.7 Å². The molecule has 3 heteroatoms. The van der Waals surface area contributed by atoms with E-state index < -0.39 is 0 Å². The molecule has 0 aliphatic carbocycles. The van der Waals surface area contributed by atoms with Gasteiger partial charge in [0.05, 0.1) is 12.1 Å². The number of aromatic nitrogens is 1. The zero-order chi connectivity index (χ0) is 11.6. The standard InChI is InChI=1S/C12H21NOS/c1-12(2,3)8-9-7-10(14-5)13(4)11(9)15-6/h7H,8H2,1-6H3. The summed E-state index contributed by atoms with van der Waals surface area (Å²) in [4.78, 5) is 0. The van der Waals surface area contributed by atoms with E-state index in [9.17, 15) is 0 Å². The molecule has 0 unspecified atom stereocenters. The lowest BCUT2D eigenvalue weighted by Gasteiger charge is -2.18. The molecule has 0 radical (unpaired) electrons.